The van der Waals surface area contributed by atoms with Gasteiger partial charge in [-0.05, 0) is 37.6 Å². The Bertz CT molecular complexity index is 813. The first-order valence-electron chi connectivity index (χ1n) is 8.79. The molecule has 1 aromatic carbocycles. The zero-order valence-corrected chi connectivity index (χ0v) is 14.5. The van der Waals surface area contributed by atoms with Crippen molar-refractivity contribution in [3.8, 4) is 5.69 Å². The highest BCUT2D eigenvalue weighted by Crippen LogP contribution is 2.19. The van der Waals surface area contributed by atoms with Crippen LogP contribution in [-0.2, 0) is 6.54 Å². The highest BCUT2D eigenvalue weighted by atomic mass is 15.2. The molecule has 4 rings (SSSR count). The van der Waals surface area contributed by atoms with Gasteiger partial charge in [0.2, 0.25) is 0 Å². The van der Waals surface area contributed by atoms with Crippen LogP contribution in [0.15, 0.2) is 60.9 Å². The van der Waals surface area contributed by atoms with Crippen molar-refractivity contribution in [3.05, 3.63) is 72.4 Å². The largest absolute Gasteiger partial charge is 0.355 e. The maximum Gasteiger partial charge on any atom is 0.128 e. The number of rotatable bonds is 5. The lowest BCUT2D eigenvalue weighted by Gasteiger charge is -2.18. The lowest BCUT2D eigenvalue weighted by atomic mass is 10.2. The Balaban J connectivity index is 1.42. The minimum absolute atomic E-state index is 0.474. The van der Waals surface area contributed by atoms with Gasteiger partial charge in [0.05, 0.1) is 11.9 Å². The van der Waals surface area contributed by atoms with Crippen LogP contribution in [0.5, 0.6) is 0 Å². The molecule has 3 aromatic rings. The van der Waals surface area contributed by atoms with Gasteiger partial charge in [0, 0.05) is 37.6 Å². The van der Waals surface area contributed by atoms with Crippen LogP contribution in [0.3, 0.4) is 0 Å². The monoisotopic (exact) mass is 333 g/mol. The molecular weight excluding hydrogens is 310 g/mol. The molecule has 0 bridgehead atoms. The normalized spacial score (nSPS) is 17.2. The molecule has 3 heterocycles. The number of hydrogen-bond donors (Lipinski definition) is 1. The molecule has 0 unspecified atom stereocenters. The molecule has 1 N–H and O–H groups in total. The molecule has 1 atom stereocenters. The van der Waals surface area contributed by atoms with Gasteiger partial charge >= 0.3 is 0 Å². The van der Waals surface area contributed by atoms with Crippen molar-refractivity contribution in [2.24, 2.45) is 0 Å². The van der Waals surface area contributed by atoms with E-state index in [2.05, 4.69) is 62.0 Å². The lowest BCUT2D eigenvalue weighted by Crippen LogP contribution is -2.32. The topological polar surface area (TPSA) is 46.0 Å². The van der Waals surface area contributed by atoms with Gasteiger partial charge in [-0.2, -0.15) is 0 Å². The van der Waals surface area contributed by atoms with Gasteiger partial charge in [-0.3, -0.25) is 4.57 Å². The van der Waals surface area contributed by atoms with Crippen LogP contribution in [0.1, 0.15) is 17.9 Å². The van der Waals surface area contributed by atoms with E-state index in [1.807, 2.05) is 30.6 Å². The third-order valence-corrected chi connectivity index (χ3v) is 4.76. The molecule has 5 nitrogen and oxygen atoms in total. The van der Waals surface area contributed by atoms with E-state index in [1.54, 1.807) is 0 Å². The second-order valence-electron chi connectivity index (χ2n) is 6.47. The highest BCUT2D eigenvalue weighted by molar-refractivity contribution is 5.39. The maximum atomic E-state index is 4.50. The first kappa shape index (κ1) is 15.8. The summed E-state index contributed by atoms with van der Waals surface area (Å²) in [4.78, 5) is 11.3. The van der Waals surface area contributed by atoms with Crippen LogP contribution in [0.25, 0.3) is 5.69 Å². The van der Waals surface area contributed by atoms with Crippen molar-refractivity contribution in [1.29, 1.82) is 0 Å². The average molecular weight is 333 g/mol. The van der Waals surface area contributed by atoms with Crippen LogP contribution in [-0.4, -0.2) is 33.7 Å². The molecule has 1 aliphatic rings. The Morgan fingerprint density at radius 2 is 1.92 bits per heavy atom. The fraction of sp³-hybridized carbons (Fsp3) is 0.300. The molecule has 0 radical (unpaired) electrons. The van der Waals surface area contributed by atoms with Gasteiger partial charge in [0.15, 0.2) is 0 Å². The molecule has 0 spiro atoms. The Kier molecular flexibility index (Phi) is 4.48. The summed E-state index contributed by atoms with van der Waals surface area (Å²) in [6, 6.07) is 17.0. The van der Waals surface area contributed by atoms with Gasteiger partial charge < -0.3 is 10.2 Å². The number of nitrogens with zero attached hydrogens (tertiary/aromatic N) is 4. The van der Waals surface area contributed by atoms with Crippen molar-refractivity contribution in [1.82, 2.24) is 19.9 Å². The van der Waals surface area contributed by atoms with Gasteiger partial charge in [-0.1, -0.05) is 24.3 Å². The predicted molar refractivity (Wildman–Crippen MR) is 100.0 cm³/mol. The van der Waals surface area contributed by atoms with Crippen molar-refractivity contribution in [3.63, 3.8) is 0 Å². The van der Waals surface area contributed by atoms with Gasteiger partial charge in [0.1, 0.15) is 11.6 Å². The maximum absolute atomic E-state index is 4.50. The van der Waals surface area contributed by atoms with Gasteiger partial charge in [0.25, 0.3) is 0 Å². The van der Waals surface area contributed by atoms with Crippen molar-refractivity contribution in [2.75, 3.05) is 18.0 Å². The summed E-state index contributed by atoms with van der Waals surface area (Å²) in [7, 11) is 0. The summed E-state index contributed by atoms with van der Waals surface area (Å²) in [6.45, 7) is 4.91. The highest BCUT2D eigenvalue weighted by Gasteiger charge is 2.23. The molecule has 2 aromatic heterocycles. The third kappa shape index (κ3) is 3.42. The van der Waals surface area contributed by atoms with E-state index < -0.39 is 0 Å². The number of pyridine rings is 1. The fourth-order valence-electron chi connectivity index (χ4n) is 3.47. The van der Waals surface area contributed by atoms with Crippen LogP contribution in [0, 0.1) is 6.92 Å². The Hall–Kier alpha value is -2.66. The molecule has 5 heteroatoms. The standard InChI is InChI=1S/C20H23N5/c1-16-22-13-19(25(16)18-7-3-2-4-8-18)14-23-17-10-12-24(15-17)20-9-5-6-11-21-20/h2-9,11,13,17,23H,10,12,14-15H2,1H3/t17-/m0/s1. The summed E-state index contributed by atoms with van der Waals surface area (Å²) < 4.78 is 2.22. The van der Waals surface area contributed by atoms with Gasteiger partial charge in [-0.25, -0.2) is 9.97 Å². The number of para-hydroxylation sites is 1. The predicted octanol–water partition coefficient (Wildman–Crippen LogP) is 2.94. The number of nitrogens with one attached hydrogen (secondary N) is 1. The summed E-state index contributed by atoms with van der Waals surface area (Å²) in [5, 5.41) is 3.69. The minimum Gasteiger partial charge on any atom is -0.355 e. The molecule has 0 aliphatic carbocycles. The van der Waals surface area contributed by atoms with Gasteiger partial charge in [-0.15, -0.1) is 0 Å². The molecule has 1 saturated heterocycles. The zero-order chi connectivity index (χ0) is 17.1. The lowest BCUT2D eigenvalue weighted by molar-refractivity contribution is 0.541. The molecule has 128 valence electrons. The number of aromatic nitrogens is 3. The summed E-state index contributed by atoms with van der Waals surface area (Å²) >= 11 is 0. The van der Waals surface area contributed by atoms with E-state index in [-0.39, 0.29) is 0 Å². The molecule has 1 fully saturated rings. The van der Waals surface area contributed by atoms with E-state index in [0.29, 0.717) is 6.04 Å². The average Bonchev–Trinajstić information content (AvgIpc) is 3.28. The van der Waals surface area contributed by atoms with E-state index in [1.165, 1.54) is 5.69 Å². The van der Waals surface area contributed by atoms with Crippen LogP contribution in [0.4, 0.5) is 5.82 Å². The van der Waals surface area contributed by atoms with Crippen molar-refractivity contribution < 1.29 is 0 Å². The molecule has 0 amide bonds. The first-order valence-corrected chi connectivity index (χ1v) is 8.79. The molecular formula is C20H23N5. The number of aryl methyl sites for hydroxylation is 1. The van der Waals surface area contributed by atoms with Crippen LogP contribution >= 0.6 is 0 Å². The van der Waals surface area contributed by atoms with Crippen LogP contribution in [0.2, 0.25) is 0 Å². The Morgan fingerprint density at radius 1 is 1.08 bits per heavy atom. The van der Waals surface area contributed by atoms with Crippen molar-refractivity contribution >= 4 is 5.82 Å². The molecule has 25 heavy (non-hydrogen) atoms. The second kappa shape index (κ2) is 7.07. The molecule has 1 aliphatic heterocycles. The summed E-state index contributed by atoms with van der Waals surface area (Å²) in [6.07, 6.45) is 4.97. The molecule has 0 saturated carbocycles. The number of hydrogen-bond acceptors (Lipinski definition) is 4. The van der Waals surface area contributed by atoms with E-state index >= 15 is 0 Å². The number of anilines is 1. The smallest absolute Gasteiger partial charge is 0.128 e. The Morgan fingerprint density at radius 3 is 2.72 bits per heavy atom. The van der Waals surface area contributed by atoms with Crippen molar-refractivity contribution in [2.45, 2.75) is 25.9 Å². The second-order valence-corrected chi connectivity index (χ2v) is 6.47. The number of imidazole rings is 1. The van der Waals surface area contributed by atoms with E-state index in [9.17, 15) is 0 Å². The summed E-state index contributed by atoms with van der Waals surface area (Å²) in [5.74, 6) is 2.08. The fourth-order valence-corrected chi connectivity index (χ4v) is 3.47. The quantitative estimate of drug-likeness (QED) is 0.780. The third-order valence-electron chi connectivity index (χ3n) is 4.76. The van der Waals surface area contributed by atoms with E-state index in [4.69, 9.17) is 0 Å². The zero-order valence-electron chi connectivity index (χ0n) is 14.5. The summed E-state index contributed by atoms with van der Waals surface area (Å²) in [5.41, 5.74) is 2.36. The number of benzene rings is 1. The Labute approximate surface area is 148 Å². The first-order chi connectivity index (χ1) is 12.3. The SMILES string of the molecule is Cc1ncc(CN[C@H]2CCN(c3ccccn3)C2)n1-c1ccccc1. The van der Waals surface area contributed by atoms with Crippen LogP contribution < -0.4 is 10.2 Å². The minimum atomic E-state index is 0.474. The van der Waals surface area contributed by atoms with E-state index in [0.717, 1.165) is 43.4 Å².